The molecule has 0 spiro atoms. The molecule has 2 unspecified atom stereocenters. The number of aromatic amines is 1. The number of aromatic nitrogens is 1. The van der Waals surface area contributed by atoms with E-state index in [1.807, 2.05) is 24.3 Å². The zero-order chi connectivity index (χ0) is 19.0. The number of rotatable bonds is 4. The second-order valence-electron chi connectivity index (χ2n) is 6.39. The summed E-state index contributed by atoms with van der Waals surface area (Å²) in [7, 11) is 0. The van der Waals surface area contributed by atoms with Gasteiger partial charge in [0.25, 0.3) is 5.91 Å². The topological polar surface area (TPSA) is 86.4 Å². The van der Waals surface area contributed by atoms with E-state index < -0.39 is 23.8 Å². The van der Waals surface area contributed by atoms with Crippen LogP contribution in [0.25, 0.3) is 10.9 Å². The summed E-state index contributed by atoms with van der Waals surface area (Å²) in [5.41, 5.74) is 1.61. The first-order chi connectivity index (χ1) is 13.0. The van der Waals surface area contributed by atoms with Crippen LogP contribution in [0.4, 0.5) is 14.5 Å². The van der Waals surface area contributed by atoms with Crippen molar-refractivity contribution in [2.24, 2.45) is 0 Å². The van der Waals surface area contributed by atoms with Gasteiger partial charge in [-0.1, -0.05) is 18.2 Å². The lowest BCUT2D eigenvalue weighted by atomic mass is 10.0. The smallest absolute Gasteiger partial charge is 0.270 e. The van der Waals surface area contributed by atoms with Crippen LogP contribution in [0.2, 0.25) is 0 Å². The number of para-hydroxylation sites is 1. The number of carbonyl (C=O) groups excluding carboxylic acids is 1. The van der Waals surface area contributed by atoms with Gasteiger partial charge in [0.05, 0.1) is 17.2 Å². The van der Waals surface area contributed by atoms with Gasteiger partial charge in [-0.25, -0.2) is 8.78 Å². The van der Waals surface area contributed by atoms with Crippen molar-refractivity contribution >= 4 is 22.5 Å². The number of amides is 1. The minimum Gasteiger partial charge on any atom is -0.491 e. The summed E-state index contributed by atoms with van der Waals surface area (Å²) in [6.45, 7) is 0.299. The van der Waals surface area contributed by atoms with E-state index in [9.17, 15) is 18.7 Å². The molecule has 0 radical (unpaired) electrons. The van der Waals surface area contributed by atoms with Crippen LogP contribution in [0.5, 0.6) is 5.75 Å². The lowest BCUT2D eigenvalue weighted by Gasteiger charge is -2.27. The summed E-state index contributed by atoms with van der Waals surface area (Å²) in [6, 6.07) is 9.28. The van der Waals surface area contributed by atoms with Crippen LogP contribution in [-0.4, -0.2) is 34.9 Å². The fourth-order valence-corrected chi connectivity index (χ4v) is 3.15. The van der Waals surface area contributed by atoms with Crippen LogP contribution >= 0.6 is 0 Å². The quantitative estimate of drug-likeness (QED) is 0.529. The van der Waals surface area contributed by atoms with Crippen molar-refractivity contribution in [3.8, 4) is 5.75 Å². The Hall–Kier alpha value is -3.13. The van der Waals surface area contributed by atoms with E-state index in [4.69, 9.17) is 4.74 Å². The molecule has 0 saturated carbocycles. The summed E-state index contributed by atoms with van der Waals surface area (Å²) in [5, 5.41) is 15.8. The molecular formula is C19H17F2N3O3. The van der Waals surface area contributed by atoms with Crippen molar-refractivity contribution in [3.63, 3.8) is 0 Å². The highest BCUT2D eigenvalue weighted by molar-refractivity contribution is 5.94. The van der Waals surface area contributed by atoms with Gasteiger partial charge in [0, 0.05) is 17.6 Å². The van der Waals surface area contributed by atoms with E-state index in [0.29, 0.717) is 23.9 Å². The number of hydrogen-bond donors (Lipinski definition) is 4. The molecule has 0 aliphatic carbocycles. The molecule has 2 heterocycles. The number of carbonyl (C=O) groups is 1. The highest BCUT2D eigenvalue weighted by Gasteiger charge is 2.24. The van der Waals surface area contributed by atoms with E-state index in [2.05, 4.69) is 15.6 Å². The standard InChI is InChI=1S/C19H17F2N3O3/c20-13-6-12-15(7-14(13)21)22-8-16(12)24-19(26)18(25)23-11-5-10-3-1-2-4-17(10)27-9-11/h1-4,6-8,11,19,22,24,26H,5,9H2,(H,23,25). The maximum absolute atomic E-state index is 13.5. The first-order valence-corrected chi connectivity index (χ1v) is 8.43. The zero-order valence-corrected chi connectivity index (χ0v) is 14.1. The van der Waals surface area contributed by atoms with Crippen LogP contribution in [0, 0.1) is 11.6 Å². The van der Waals surface area contributed by atoms with Crippen molar-refractivity contribution < 1.29 is 23.4 Å². The number of nitrogens with one attached hydrogen (secondary N) is 3. The molecule has 8 heteroatoms. The fourth-order valence-electron chi connectivity index (χ4n) is 3.15. The Labute approximate surface area is 153 Å². The number of ether oxygens (including phenoxy) is 1. The van der Waals surface area contributed by atoms with Crippen molar-refractivity contribution in [1.82, 2.24) is 10.3 Å². The summed E-state index contributed by atoms with van der Waals surface area (Å²) in [6.07, 6.45) is 0.459. The number of hydrogen-bond acceptors (Lipinski definition) is 4. The first-order valence-electron chi connectivity index (χ1n) is 8.43. The van der Waals surface area contributed by atoms with Crippen LogP contribution in [0.1, 0.15) is 5.56 Å². The molecule has 1 aliphatic rings. The summed E-state index contributed by atoms with van der Waals surface area (Å²) in [5.74, 6) is -1.84. The van der Waals surface area contributed by atoms with Crippen molar-refractivity contribution in [3.05, 3.63) is 59.8 Å². The molecule has 4 rings (SSSR count). The molecule has 4 N–H and O–H groups in total. The Morgan fingerprint density at radius 1 is 1.26 bits per heavy atom. The molecule has 27 heavy (non-hydrogen) atoms. The number of H-pyrrole nitrogens is 1. The average molecular weight is 373 g/mol. The normalized spacial score (nSPS) is 17.1. The third-order valence-electron chi connectivity index (χ3n) is 4.49. The van der Waals surface area contributed by atoms with Gasteiger partial charge < -0.3 is 25.5 Å². The molecule has 0 fully saturated rings. The maximum atomic E-state index is 13.5. The van der Waals surface area contributed by atoms with Gasteiger partial charge in [-0.3, -0.25) is 4.79 Å². The highest BCUT2D eigenvalue weighted by Crippen LogP contribution is 2.26. The SMILES string of the molecule is O=C(NC1COc2ccccc2C1)C(O)Nc1c[nH]c2cc(F)c(F)cc12. The molecular weight excluding hydrogens is 356 g/mol. The largest absolute Gasteiger partial charge is 0.491 e. The first kappa shape index (κ1) is 17.3. The number of aliphatic hydroxyl groups excluding tert-OH is 1. The Bertz CT molecular complexity index is 1010. The second-order valence-corrected chi connectivity index (χ2v) is 6.39. The zero-order valence-electron chi connectivity index (χ0n) is 14.1. The number of anilines is 1. The van der Waals surface area contributed by atoms with Gasteiger partial charge in [0.2, 0.25) is 6.23 Å². The second kappa shape index (κ2) is 6.88. The van der Waals surface area contributed by atoms with Crippen LogP contribution in [0.3, 0.4) is 0 Å². The van der Waals surface area contributed by atoms with Crippen LogP contribution < -0.4 is 15.4 Å². The molecule has 2 atom stereocenters. The third-order valence-corrected chi connectivity index (χ3v) is 4.49. The van der Waals surface area contributed by atoms with Gasteiger partial charge in [0.1, 0.15) is 12.4 Å². The predicted molar refractivity (Wildman–Crippen MR) is 95.4 cm³/mol. The van der Waals surface area contributed by atoms with E-state index in [1.54, 1.807) is 0 Å². The highest BCUT2D eigenvalue weighted by atomic mass is 19.2. The molecule has 6 nitrogen and oxygen atoms in total. The van der Waals surface area contributed by atoms with Gasteiger partial charge in [-0.05, 0) is 24.1 Å². The fraction of sp³-hybridized carbons (Fsp3) is 0.211. The Morgan fingerprint density at radius 2 is 2.04 bits per heavy atom. The molecule has 140 valence electrons. The molecule has 1 amide bonds. The lowest BCUT2D eigenvalue weighted by molar-refractivity contribution is -0.129. The summed E-state index contributed by atoms with van der Waals surface area (Å²) in [4.78, 5) is 15.0. The number of halogens is 2. The Balaban J connectivity index is 1.42. The van der Waals surface area contributed by atoms with Gasteiger partial charge in [-0.15, -0.1) is 0 Å². The van der Waals surface area contributed by atoms with Gasteiger partial charge >= 0.3 is 0 Å². The molecule has 2 aromatic carbocycles. The average Bonchev–Trinajstić information content (AvgIpc) is 3.03. The minimum absolute atomic E-state index is 0.279. The molecule has 0 saturated heterocycles. The number of benzene rings is 2. The van der Waals surface area contributed by atoms with E-state index in [1.165, 1.54) is 6.20 Å². The van der Waals surface area contributed by atoms with E-state index >= 15 is 0 Å². The summed E-state index contributed by atoms with van der Waals surface area (Å²) < 4.78 is 32.3. The number of aliphatic hydroxyl groups is 1. The third kappa shape index (κ3) is 3.43. The van der Waals surface area contributed by atoms with Crippen molar-refractivity contribution in [1.29, 1.82) is 0 Å². The van der Waals surface area contributed by atoms with Crippen LogP contribution in [0.15, 0.2) is 42.6 Å². The Morgan fingerprint density at radius 3 is 2.89 bits per heavy atom. The lowest BCUT2D eigenvalue weighted by Crippen LogP contribution is -2.48. The van der Waals surface area contributed by atoms with Crippen molar-refractivity contribution in [2.75, 3.05) is 11.9 Å². The van der Waals surface area contributed by atoms with Gasteiger partial charge in [-0.2, -0.15) is 0 Å². The van der Waals surface area contributed by atoms with Gasteiger partial charge in [0.15, 0.2) is 11.6 Å². The van der Waals surface area contributed by atoms with E-state index in [0.717, 1.165) is 23.4 Å². The summed E-state index contributed by atoms with van der Waals surface area (Å²) >= 11 is 0. The van der Waals surface area contributed by atoms with E-state index in [-0.39, 0.29) is 11.7 Å². The minimum atomic E-state index is -1.56. The maximum Gasteiger partial charge on any atom is 0.270 e. The molecule has 1 aliphatic heterocycles. The molecule has 3 aromatic rings. The number of fused-ring (bicyclic) bond motifs is 2. The predicted octanol–water partition coefficient (Wildman–Crippen LogP) is 2.30. The molecule has 1 aromatic heterocycles. The monoisotopic (exact) mass is 373 g/mol. The Kier molecular flexibility index (Phi) is 4.41. The molecule has 0 bridgehead atoms. The van der Waals surface area contributed by atoms with Crippen LogP contribution in [-0.2, 0) is 11.2 Å². The van der Waals surface area contributed by atoms with Crippen molar-refractivity contribution in [2.45, 2.75) is 18.7 Å².